The molecule has 1 aromatic carbocycles. The van der Waals surface area contributed by atoms with E-state index in [0.717, 1.165) is 23.1 Å². The molecule has 0 spiro atoms. The minimum absolute atomic E-state index is 0.254. The number of rotatable bonds is 3. The van der Waals surface area contributed by atoms with Crippen LogP contribution in [0.25, 0.3) is 10.9 Å². The second kappa shape index (κ2) is 5.57. The molecule has 2 atom stereocenters. The zero-order valence-corrected chi connectivity index (χ0v) is 11.1. The third kappa shape index (κ3) is 2.56. The number of benzene rings is 1. The maximum atomic E-state index is 6.25. The van der Waals surface area contributed by atoms with Gasteiger partial charge in [0.1, 0.15) is 11.9 Å². The Labute approximate surface area is 113 Å². The average Bonchev–Trinajstić information content (AvgIpc) is 2.48. The first-order chi connectivity index (χ1) is 9.38. The van der Waals surface area contributed by atoms with Crippen molar-refractivity contribution in [2.24, 2.45) is 11.7 Å². The van der Waals surface area contributed by atoms with Crippen molar-refractivity contribution in [3.8, 4) is 5.75 Å². The first kappa shape index (κ1) is 12.4. The zero-order chi connectivity index (χ0) is 13.1. The molecular formula is C16H20N2O. The Morgan fingerprint density at radius 3 is 2.89 bits per heavy atom. The van der Waals surface area contributed by atoms with Gasteiger partial charge in [-0.3, -0.25) is 4.98 Å². The Bertz CT molecular complexity index is 550. The summed E-state index contributed by atoms with van der Waals surface area (Å²) in [5.74, 6) is 1.43. The van der Waals surface area contributed by atoms with Gasteiger partial charge in [-0.05, 0) is 44.0 Å². The number of fused-ring (bicyclic) bond motifs is 1. The minimum atomic E-state index is 0.254. The maximum Gasteiger partial charge on any atom is 0.130 e. The molecule has 0 radical (unpaired) electrons. The van der Waals surface area contributed by atoms with Crippen LogP contribution >= 0.6 is 0 Å². The molecular weight excluding hydrogens is 236 g/mol. The summed E-state index contributed by atoms with van der Waals surface area (Å²) in [6, 6.07) is 10.1. The largest absolute Gasteiger partial charge is 0.489 e. The molecule has 100 valence electrons. The van der Waals surface area contributed by atoms with Crippen molar-refractivity contribution in [2.75, 3.05) is 6.54 Å². The highest BCUT2D eigenvalue weighted by Gasteiger charge is 2.25. The molecule has 1 aliphatic carbocycles. The van der Waals surface area contributed by atoms with Gasteiger partial charge >= 0.3 is 0 Å². The number of para-hydroxylation sites is 1. The number of aromatic nitrogens is 1. The monoisotopic (exact) mass is 256 g/mol. The van der Waals surface area contributed by atoms with Crippen molar-refractivity contribution in [2.45, 2.75) is 31.8 Å². The van der Waals surface area contributed by atoms with E-state index in [2.05, 4.69) is 11.1 Å². The van der Waals surface area contributed by atoms with Crippen molar-refractivity contribution in [1.29, 1.82) is 0 Å². The highest BCUT2D eigenvalue weighted by Crippen LogP contribution is 2.31. The fourth-order valence-corrected chi connectivity index (χ4v) is 2.93. The molecule has 19 heavy (non-hydrogen) atoms. The molecule has 1 saturated carbocycles. The molecule has 0 aliphatic heterocycles. The summed E-state index contributed by atoms with van der Waals surface area (Å²) >= 11 is 0. The lowest BCUT2D eigenvalue weighted by Gasteiger charge is -2.31. The molecule has 3 nitrogen and oxygen atoms in total. The number of hydrogen-bond donors (Lipinski definition) is 1. The molecule has 2 unspecified atom stereocenters. The van der Waals surface area contributed by atoms with Crippen LogP contribution in [0.2, 0.25) is 0 Å². The van der Waals surface area contributed by atoms with Crippen LogP contribution in [-0.2, 0) is 0 Å². The van der Waals surface area contributed by atoms with Crippen LogP contribution in [0.4, 0.5) is 0 Å². The Balaban J connectivity index is 1.88. The molecule has 3 rings (SSSR count). The fourth-order valence-electron chi connectivity index (χ4n) is 2.93. The molecule has 0 saturated heterocycles. The van der Waals surface area contributed by atoms with Gasteiger partial charge in [0.15, 0.2) is 0 Å². The van der Waals surface area contributed by atoms with Gasteiger partial charge in [0.05, 0.1) is 5.52 Å². The van der Waals surface area contributed by atoms with Crippen molar-refractivity contribution < 1.29 is 4.74 Å². The molecule has 0 amide bonds. The van der Waals surface area contributed by atoms with E-state index >= 15 is 0 Å². The minimum Gasteiger partial charge on any atom is -0.489 e. The highest BCUT2D eigenvalue weighted by molar-refractivity contribution is 5.84. The van der Waals surface area contributed by atoms with Crippen LogP contribution in [0.15, 0.2) is 36.5 Å². The third-order valence-corrected chi connectivity index (χ3v) is 4.03. The van der Waals surface area contributed by atoms with Crippen LogP contribution in [0.1, 0.15) is 25.7 Å². The summed E-state index contributed by atoms with van der Waals surface area (Å²) in [5, 5.41) is 1.09. The van der Waals surface area contributed by atoms with E-state index in [-0.39, 0.29) is 6.10 Å². The SMILES string of the molecule is NCC1CCCCC1Oc1ccnc2ccccc12. The number of nitrogens with two attached hydrogens (primary N) is 1. The maximum absolute atomic E-state index is 6.25. The first-order valence-corrected chi connectivity index (χ1v) is 7.09. The lowest BCUT2D eigenvalue weighted by Crippen LogP contribution is -2.35. The molecule has 1 fully saturated rings. The standard InChI is InChI=1S/C16H20N2O/c17-11-12-5-1-4-8-15(12)19-16-9-10-18-14-7-3-2-6-13(14)16/h2-3,6-7,9-10,12,15H,1,4-5,8,11,17H2. The number of ether oxygens (including phenoxy) is 1. The second-order valence-electron chi connectivity index (χ2n) is 5.26. The zero-order valence-electron chi connectivity index (χ0n) is 11.1. The number of pyridine rings is 1. The second-order valence-corrected chi connectivity index (χ2v) is 5.26. The summed E-state index contributed by atoms with van der Waals surface area (Å²) in [5.41, 5.74) is 6.85. The summed E-state index contributed by atoms with van der Waals surface area (Å²) in [4.78, 5) is 4.37. The van der Waals surface area contributed by atoms with Crippen LogP contribution in [0, 0.1) is 5.92 Å². The summed E-state index contributed by atoms with van der Waals surface area (Å²) in [7, 11) is 0. The number of nitrogens with zero attached hydrogens (tertiary/aromatic N) is 1. The van der Waals surface area contributed by atoms with E-state index in [1.807, 2.05) is 30.5 Å². The van der Waals surface area contributed by atoms with E-state index in [1.165, 1.54) is 19.3 Å². The third-order valence-electron chi connectivity index (χ3n) is 4.03. The van der Waals surface area contributed by atoms with E-state index in [9.17, 15) is 0 Å². The molecule has 0 bridgehead atoms. The molecule has 2 aromatic rings. The van der Waals surface area contributed by atoms with Crippen LogP contribution in [0.5, 0.6) is 5.75 Å². The van der Waals surface area contributed by atoms with Crippen molar-refractivity contribution in [1.82, 2.24) is 4.98 Å². The normalized spacial score (nSPS) is 23.4. The van der Waals surface area contributed by atoms with Gasteiger partial charge in [0, 0.05) is 17.5 Å². The summed E-state index contributed by atoms with van der Waals surface area (Å²) < 4.78 is 6.25. The van der Waals surface area contributed by atoms with Gasteiger partial charge in [0.2, 0.25) is 0 Å². The summed E-state index contributed by atoms with van der Waals surface area (Å²) in [6.07, 6.45) is 6.88. The predicted molar refractivity (Wildman–Crippen MR) is 77.2 cm³/mol. The van der Waals surface area contributed by atoms with E-state index < -0.39 is 0 Å². The predicted octanol–water partition coefficient (Wildman–Crippen LogP) is 3.13. The average molecular weight is 256 g/mol. The molecule has 1 aliphatic rings. The molecule has 3 heteroatoms. The summed E-state index contributed by atoms with van der Waals surface area (Å²) in [6.45, 7) is 0.716. The molecule has 2 N–H and O–H groups in total. The first-order valence-electron chi connectivity index (χ1n) is 7.09. The van der Waals surface area contributed by atoms with Gasteiger partial charge < -0.3 is 10.5 Å². The van der Waals surface area contributed by atoms with Crippen LogP contribution in [-0.4, -0.2) is 17.6 Å². The molecule has 1 heterocycles. The Kier molecular flexibility index (Phi) is 3.65. The van der Waals surface area contributed by atoms with Crippen LogP contribution < -0.4 is 10.5 Å². The van der Waals surface area contributed by atoms with E-state index in [1.54, 1.807) is 0 Å². The van der Waals surface area contributed by atoms with Crippen molar-refractivity contribution in [3.63, 3.8) is 0 Å². The van der Waals surface area contributed by atoms with E-state index in [0.29, 0.717) is 12.5 Å². The quantitative estimate of drug-likeness (QED) is 0.917. The smallest absolute Gasteiger partial charge is 0.130 e. The number of hydrogen-bond acceptors (Lipinski definition) is 3. The topological polar surface area (TPSA) is 48.1 Å². The van der Waals surface area contributed by atoms with Crippen LogP contribution in [0.3, 0.4) is 0 Å². The van der Waals surface area contributed by atoms with Gasteiger partial charge in [-0.25, -0.2) is 0 Å². The molecule has 1 aromatic heterocycles. The Morgan fingerprint density at radius 1 is 1.16 bits per heavy atom. The Hall–Kier alpha value is -1.61. The Morgan fingerprint density at radius 2 is 2.00 bits per heavy atom. The fraction of sp³-hybridized carbons (Fsp3) is 0.438. The highest BCUT2D eigenvalue weighted by atomic mass is 16.5. The lowest BCUT2D eigenvalue weighted by atomic mass is 9.86. The van der Waals surface area contributed by atoms with Gasteiger partial charge in [-0.1, -0.05) is 18.6 Å². The lowest BCUT2D eigenvalue weighted by molar-refractivity contribution is 0.0985. The van der Waals surface area contributed by atoms with E-state index in [4.69, 9.17) is 10.5 Å². The van der Waals surface area contributed by atoms with Gasteiger partial charge in [-0.2, -0.15) is 0 Å². The van der Waals surface area contributed by atoms with Crippen molar-refractivity contribution >= 4 is 10.9 Å². The van der Waals surface area contributed by atoms with Crippen molar-refractivity contribution in [3.05, 3.63) is 36.5 Å². The van der Waals surface area contributed by atoms with Gasteiger partial charge in [0.25, 0.3) is 0 Å². The van der Waals surface area contributed by atoms with Gasteiger partial charge in [-0.15, -0.1) is 0 Å².